The molecule has 1 aromatic carbocycles. The van der Waals surface area contributed by atoms with Crippen molar-refractivity contribution >= 4 is 28.0 Å². The van der Waals surface area contributed by atoms with Crippen LogP contribution in [0.1, 0.15) is 12.5 Å². The molecule has 0 fully saturated rings. The van der Waals surface area contributed by atoms with Crippen molar-refractivity contribution < 1.29 is 14.6 Å². The van der Waals surface area contributed by atoms with Gasteiger partial charge in [-0.05, 0) is 31.2 Å². The van der Waals surface area contributed by atoms with E-state index in [0.717, 1.165) is 4.47 Å². The first-order chi connectivity index (χ1) is 7.13. The molecule has 0 saturated heterocycles. The van der Waals surface area contributed by atoms with Gasteiger partial charge in [0.25, 0.3) is 0 Å². The summed E-state index contributed by atoms with van der Waals surface area (Å²) in [6.45, 7) is 2.08. The maximum atomic E-state index is 11.0. The van der Waals surface area contributed by atoms with Crippen LogP contribution in [0.15, 0.2) is 28.7 Å². The lowest BCUT2D eigenvalue weighted by molar-refractivity contribution is -0.137. The van der Waals surface area contributed by atoms with Crippen molar-refractivity contribution in [3.8, 4) is 5.75 Å². The molecule has 0 amide bonds. The number of ether oxygens (including phenoxy) is 1. The highest BCUT2D eigenvalue weighted by molar-refractivity contribution is 9.10. The van der Waals surface area contributed by atoms with Crippen LogP contribution < -0.4 is 0 Å². The Morgan fingerprint density at radius 2 is 2.33 bits per heavy atom. The molecule has 0 unspecified atom stereocenters. The zero-order valence-corrected chi connectivity index (χ0v) is 9.82. The van der Waals surface area contributed by atoms with E-state index in [1.165, 1.54) is 12.2 Å². The van der Waals surface area contributed by atoms with Crippen LogP contribution in [0.25, 0.3) is 6.08 Å². The Morgan fingerprint density at radius 1 is 1.60 bits per heavy atom. The number of carbonyl (C=O) groups is 1. The van der Waals surface area contributed by atoms with E-state index in [1.807, 2.05) is 0 Å². The Kier molecular flexibility index (Phi) is 4.37. The van der Waals surface area contributed by atoms with Crippen LogP contribution in [-0.4, -0.2) is 17.7 Å². The molecule has 0 spiro atoms. The lowest BCUT2D eigenvalue weighted by Gasteiger charge is -1.99. The average Bonchev–Trinajstić information content (AvgIpc) is 2.20. The smallest absolute Gasteiger partial charge is 0.330 e. The molecule has 0 aliphatic carbocycles. The standard InChI is InChI=1S/C11H11BrO3/c1-2-15-11(14)6-3-8-7-9(12)4-5-10(8)13/h3-7,13H,2H2,1H3. The number of phenolic OH excluding ortho intramolecular Hbond substituents is 1. The number of carbonyl (C=O) groups excluding carboxylic acids is 1. The number of phenols is 1. The van der Waals surface area contributed by atoms with Crippen LogP contribution >= 0.6 is 15.9 Å². The third-order valence-corrected chi connectivity index (χ3v) is 2.17. The highest BCUT2D eigenvalue weighted by Gasteiger charge is 1.99. The Hall–Kier alpha value is -1.29. The van der Waals surface area contributed by atoms with Crippen LogP contribution in [0.2, 0.25) is 0 Å². The fraction of sp³-hybridized carbons (Fsp3) is 0.182. The van der Waals surface area contributed by atoms with Gasteiger partial charge in [0.2, 0.25) is 0 Å². The van der Waals surface area contributed by atoms with E-state index in [0.29, 0.717) is 12.2 Å². The quantitative estimate of drug-likeness (QED) is 0.679. The number of hydrogen-bond donors (Lipinski definition) is 1. The van der Waals surface area contributed by atoms with Gasteiger partial charge in [-0.2, -0.15) is 0 Å². The molecule has 0 bridgehead atoms. The normalized spacial score (nSPS) is 10.5. The molecule has 0 aliphatic heterocycles. The summed E-state index contributed by atoms with van der Waals surface area (Å²) in [7, 11) is 0. The molecule has 0 heterocycles. The molecule has 0 saturated carbocycles. The second-order valence-electron chi connectivity index (χ2n) is 2.79. The van der Waals surface area contributed by atoms with Gasteiger partial charge < -0.3 is 9.84 Å². The van der Waals surface area contributed by atoms with Crippen molar-refractivity contribution in [2.24, 2.45) is 0 Å². The molecular weight excluding hydrogens is 260 g/mol. The highest BCUT2D eigenvalue weighted by atomic mass is 79.9. The predicted molar refractivity (Wildman–Crippen MR) is 61.5 cm³/mol. The molecular formula is C11H11BrO3. The molecule has 1 aromatic rings. The van der Waals surface area contributed by atoms with Crippen molar-refractivity contribution in [2.75, 3.05) is 6.61 Å². The van der Waals surface area contributed by atoms with E-state index in [-0.39, 0.29) is 5.75 Å². The van der Waals surface area contributed by atoms with Crippen molar-refractivity contribution in [3.05, 3.63) is 34.3 Å². The van der Waals surface area contributed by atoms with Crippen LogP contribution in [0.5, 0.6) is 5.75 Å². The van der Waals surface area contributed by atoms with Gasteiger partial charge >= 0.3 is 5.97 Å². The number of hydrogen-bond acceptors (Lipinski definition) is 3. The molecule has 80 valence electrons. The third-order valence-electron chi connectivity index (χ3n) is 1.68. The molecule has 4 heteroatoms. The van der Waals surface area contributed by atoms with E-state index in [2.05, 4.69) is 15.9 Å². The summed E-state index contributed by atoms with van der Waals surface area (Å²) >= 11 is 3.27. The van der Waals surface area contributed by atoms with E-state index in [4.69, 9.17) is 4.74 Å². The van der Waals surface area contributed by atoms with E-state index in [9.17, 15) is 9.90 Å². The number of esters is 1. The maximum Gasteiger partial charge on any atom is 0.330 e. The fourth-order valence-electron chi connectivity index (χ4n) is 1.01. The van der Waals surface area contributed by atoms with Gasteiger partial charge in [0.15, 0.2) is 0 Å². The van der Waals surface area contributed by atoms with Crippen molar-refractivity contribution in [3.63, 3.8) is 0 Å². The molecule has 1 N–H and O–H groups in total. The Balaban J connectivity index is 2.79. The lowest BCUT2D eigenvalue weighted by Crippen LogP contribution is -1.98. The molecule has 0 radical (unpaired) electrons. The topological polar surface area (TPSA) is 46.5 Å². The van der Waals surface area contributed by atoms with Gasteiger partial charge in [-0.1, -0.05) is 15.9 Å². The first-order valence-electron chi connectivity index (χ1n) is 4.47. The van der Waals surface area contributed by atoms with Crippen LogP contribution in [-0.2, 0) is 9.53 Å². The Morgan fingerprint density at radius 3 is 3.00 bits per heavy atom. The monoisotopic (exact) mass is 270 g/mol. The summed E-state index contributed by atoms with van der Waals surface area (Å²) in [5.74, 6) is -0.296. The minimum absolute atomic E-state index is 0.124. The number of halogens is 1. The second kappa shape index (κ2) is 5.56. The van der Waals surface area contributed by atoms with E-state index >= 15 is 0 Å². The molecule has 1 rings (SSSR count). The largest absolute Gasteiger partial charge is 0.507 e. The van der Waals surface area contributed by atoms with Crippen LogP contribution in [0.4, 0.5) is 0 Å². The molecule has 0 aliphatic rings. The van der Waals surface area contributed by atoms with Crippen molar-refractivity contribution in [1.29, 1.82) is 0 Å². The van der Waals surface area contributed by atoms with Gasteiger partial charge in [0.05, 0.1) is 6.61 Å². The third kappa shape index (κ3) is 3.75. The number of rotatable bonds is 3. The average molecular weight is 271 g/mol. The van der Waals surface area contributed by atoms with Crippen molar-refractivity contribution in [2.45, 2.75) is 6.92 Å². The minimum atomic E-state index is -0.420. The molecule has 15 heavy (non-hydrogen) atoms. The van der Waals surface area contributed by atoms with Crippen molar-refractivity contribution in [1.82, 2.24) is 0 Å². The molecule has 0 aromatic heterocycles. The predicted octanol–water partition coefficient (Wildman–Crippen LogP) is 2.73. The summed E-state index contributed by atoms with van der Waals surface area (Å²) in [5, 5.41) is 9.45. The first-order valence-corrected chi connectivity index (χ1v) is 5.26. The summed E-state index contributed by atoms with van der Waals surface area (Å²) in [4.78, 5) is 11.0. The molecule has 3 nitrogen and oxygen atoms in total. The number of benzene rings is 1. The van der Waals surface area contributed by atoms with Gasteiger partial charge in [-0.25, -0.2) is 4.79 Å². The molecule has 0 atom stereocenters. The summed E-state index contributed by atoms with van der Waals surface area (Å²) in [6, 6.07) is 4.98. The highest BCUT2D eigenvalue weighted by Crippen LogP contribution is 2.22. The SMILES string of the molecule is CCOC(=O)C=Cc1cc(Br)ccc1O. The number of aromatic hydroxyl groups is 1. The van der Waals surface area contributed by atoms with Gasteiger partial charge in [0, 0.05) is 16.1 Å². The van der Waals surface area contributed by atoms with Crippen LogP contribution in [0.3, 0.4) is 0 Å². The Labute approximate surface area is 96.5 Å². The van der Waals surface area contributed by atoms with Gasteiger partial charge in [-0.15, -0.1) is 0 Å². The lowest BCUT2D eigenvalue weighted by atomic mass is 10.2. The zero-order chi connectivity index (χ0) is 11.3. The maximum absolute atomic E-state index is 11.0. The summed E-state index contributed by atoms with van der Waals surface area (Å²) in [6.07, 6.45) is 2.79. The zero-order valence-electron chi connectivity index (χ0n) is 8.24. The van der Waals surface area contributed by atoms with Gasteiger partial charge in [-0.3, -0.25) is 0 Å². The Bertz CT molecular complexity index is 385. The summed E-state index contributed by atoms with van der Waals surface area (Å²) in [5.41, 5.74) is 0.567. The van der Waals surface area contributed by atoms with E-state index < -0.39 is 5.97 Å². The summed E-state index contributed by atoms with van der Waals surface area (Å²) < 4.78 is 5.55. The first kappa shape index (κ1) is 11.8. The van der Waals surface area contributed by atoms with Crippen LogP contribution in [0, 0.1) is 0 Å². The van der Waals surface area contributed by atoms with Gasteiger partial charge in [0.1, 0.15) is 5.75 Å². The minimum Gasteiger partial charge on any atom is -0.507 e. The fourth-order valence-corrected chi connectivity index (χ4v) is 1.39. The van der Waals surface area contributed by atoms with E-state index in [1.54, 1.807) is 25.1 Å². The second-order valence-corrected chi connectivity index (χ2v) is 3.70.